The van der Waals surface area contributed by atoms with E-state index in [1.165, 1.54) is 12.8 Å². The van der Waals surface area contributed by atoms with Gasteiger partial charge in [0.15, 0.2) is 0 Å². The smallest absolute Gasteiger partial charge is 0.226 e. The van der Waals surface area contributed by atoms with Crippen LogP contribution in [0.2, 0.25) is 0 Å². The van der Waals surface area contributed by atoms with Crippen molar-refractivity contribution in [1.29, 1.82) is 0 Å². The molecule has 3 aliphatic rings. The molecule has 1 unspecified atom stereocenters. The van der Waals surface area contributed by atoms with Gasteiger partial charge in [0.1, 0.15) is 0 Å². The van der Waals surface area contributed by atoms with E-state index in [2.05, 4.69) is 14.8 Å². The third-order valence-corrected chi connectivity index (χ3v) is 5.74. The predicted octanol–water partition coefficient (Wildman–Crippen LogP) is 2.16. The lowest BCUT2D eigenvalue weighted by Crippen LogP contribution is -2.38. The van der Waals surface area contributed by atoms with Crippen LogP contribution in [-0.2, 0) is 16.1 Å². The number of carbonyl (C=O) groups excluding carboxylic acids is 1. The summed E-state index contributed by atoms with van der Waals surface area (Å²) in [5, 5.41) is 0. The van der Waals surface area contributed by atoms with Crippen molar-refractivity contribution in [1.82, 2.24) is 19.8 Å². The monoisotopic (exact) mass is 344 g/mol. The van der Waals surface area contributed by atoms with Crippen molar-refractivity contribution >= 4 is 5.91 Å². The Labute approximate surface area is 149 Å². The molecular weight excluding hydrogens is 316 g/mol. The molecule has 0 spiro atoms. The lowest BCUT2D eigenvalue weighted by atomic mass is 9.98. The Kier molecular flexibility index (Phi) is 5.27. The second-order valence-electron chi connectivity index (χ2n) is 7.49. The van der Waals surface area contributed by atoms with Gasteiger partial charge in [0, 0.05) is 38.4 Å². The number of likely N-dealkylation sites (tertiary alicyclic amines) is 2. The molecule has 0 radical (unpaired) electrons. The van der Waals surface area contributed by atoms with Crippen molar-refractivity contribution in [3.8, 4) is 0 Å². The topological polar surface area (TPSA) is 58.6 Å². The molecule has 3 saturated heterocycles. The highest BCUT2D eigenvalue weighted by Crippen LogP contribution is 2.33. The number of nitrogens with zero attached hydrogens (tertiary/aromatic N) is 4. The molecule has 3 fully saturated rings. The van der Waals surface area contributed by atoms with E-state index in [1.807, 2.05) is 12.4 Å². The van der Waals surface area contributed by atoms with E-state index in [0.717, 1.165) is 63.3 Å². The molecule has 0 aromatic carbocycles. The fourth-order valence-corrected chi connectivity index (χ4v) is 4.35. The van der Waals surface area contributed by atoms with E-state index in [0.29, 0.717) is 13.2 Å². The summed E-state index contributed by atoms with van der Waals surface area (Å²) in [6.07, 6.45) is 10.0. The molecule has 1 amide bonds. The first-order valence-corrected chi connectivity index (χ1v) is 9.72. The van der Waals surface area contributed by atoms with Gasteiger partial charge in [-0.1, -0.05) is 0 Å². The normalized spacial score (nSPS) is 25.6. The summed E-state index contributed by atoms with van der Waals surface area (Å²) in [5.74, 6) is 0.410. The van der Waals surface area contributed by atoms with Crippen LogP contribution in [0, 0.1) is 5.92 Å². The van der Waals surface area contributed by atoms with Crippen LogP contribution in [0.1, 0.15) is 56.0 Å². The molecule has 6 heteroatoms. The molecule has 0 bridgehead atoms. The molecule has 4 heterocycles. The molecule has 0 aliphatic carbocycles. The van der Waals surface area contributed by atoms with Gasteiger partial charge < -0.3 is 9.64 Å². The van der Waals surface area contributed by atoms with Crippen LogP contribution in [0.4, 0.5) is 0 Å². The van der Waals surface area contributed by atoms with Crippen molar-refractivity contribution in [2.75, 3.05) is 32.8 Å². The summed E-state index contributed by atoms with van der Waals surface area (Å²) in [7, 11) is 0. The summed E-state index contributed by atoms with van der Waals surface area (Å²) in [4.78, 5) is 26.8. The summed E-state index contributed by atoms with van der Waals surface area (Å²) in [6, 6.07) is 0.0985. The van der Waals surface area contributed by atoms with Gasteiger partial charge in [-0.3, -0.25) is 19.7 Å². The maximum atomic E-state index is 13.0. The van der Waals surface area contributed by atoms with Crippen LogP contribution < -0.4 is 0 Å². The second kappa shape index (κ2) is 7.79. The van der Waals surface area contributed by atoms with Crippen LogP contribution >= 0.6 is 0 Å². The SMILES string of the molecule is O=C(C1CCOCC1)N1CCCC1c1cncc(CN2CCCC2)n1. The zero-order chi connectivity index (χ0) is 17.1. The number of ether oxygens (including phenoxy) is 1. The summed E-state index contributed by atoms with van der Waals surface area (Å²) in [6.45, 7) is 5.45. The number of hydrogen-bond donors (Lipinski definition) is 0. The van der Waals surface area contributed by atoms with Gasteiger partial charge in [-0.05, 0) is 51.6 Å². The Balaban J connectivity index is 1.46. The Hall–Kier alpha value is -1.53. The minimum Gasteiger partial charge on any atom is -0.381 e. The van der Waals surface area contributed by atoms with Gasteiger partial charge in [0.25, 0.3) is 0 Å². The van der Waals surface area contributed by atoms with Crippen molar-refractivity contribution in [3.63, 3.8) is 0 Å². The average Bonchev–Trinajstić information content (AvgIpc) is 3.34. The number of hydrogen-bond acceptors (Lipinski definition) is 5. The average molecular weight is 344 g/mol. The quantitative estimate of drug-likeness (QED) is 0.838. The van der Waals surface area contributed by atoms with Crippen molar-refractivity contribution in [2.45, 2.75) is 51.1 Å². The van der Waals surface area contributed by atoms with Gasteiger partial charge >= 0.3 is 0 Å². The maximum absolute atomic E-state index is 13.0. The van der Waals surface area contributed by atoms with E-state index >= 15 is 0 Å². The zero-order valence-corrected chi connectivity index (χ0v) is 14.9. The lowest BCUT2D eigenvalue weighted by molar-refractivity contribution is -0.139. The molecule has 0 saturated carbocycles. The van der Waals surface area contributed by atoms with Gasteiger partial charge in [0.2, 0.25) is 5.91 Å². The highest BCUT2D eigenvalue weighted by Gasteiger charge is 2.35. The first-order valence-electron chi connectivity index (χ1n) is 9.72. The number of amides is 1. The van der Waals surface area contributed by atoms with Gasteiger partial charge in [0.05, 0.1) is 23.6 Å². The minimum atomic E-state index is 0.0985. The van der Waals surface area contributed by atoms with Crippen LogP contribution in [0.3, 0.4) is 0 Å². The van der Waals surface area contributed by atoms with Crippen LogP contribution in [0.25, 0.3) is 0 Å². The maximum Gasteiger partial charge on any atom is 0.226 e. The molecule has 1 aromatic heterocycles. The molecule has 0 N–H and O–H groups in total. The second-order valence-corrected chi connectivity index (χ2v) is 7.49. The highest BCUT2D eigenvalue weighted by atomic mass is 16.5. The minimum absolute atomic E-state index is 0.0985. The van der Waals surface area contributed by atoms with Gasteiger partial charge in [-0.2, -0.15) is 0 Å². The molecule has 6 nitrogen and oxygen atoms in total. The highest BCUT2D eigenvalue weighted by molar-refractivity contribution is 5.79. The summed E-state index contributed by atoms with van der Waals surface area (Å²) in [5.41, 5.74) is 2.00. The summed E-state index contributed by atoms with van der Waals surface area (Å²) < 4.78 is 5.41. The third-order valence-electron chi connectivity index (χ3n) is 5.74. The number of aromatic nitrogens is 2. The van der Waals surface area contributed by atoms with Crippen LogP contribution in [0.5, 0.6) is 0 Å². The predicted molar refractivity (Wildman–Crippen MR) is 93.8 cm³/mol. The van der Waals surface area contributed by atoms with Crippen LogP contribution in [0.15, 0.2) is 12.4 Å². The van der Waals surface area contributed by atoms with Crippen molar-refractivity contribution < 1.29 is 9.53 Å². The Morgan fingerprint density at radius 3 is 2.68 bits per heavy atom. The first-order chi connectivity index (χ1) is 12.3. The standard InChI is InChI=1S/C19H28N4O2/c24-19(15-5-10-25-11-6-15)23-9-3-4-18(23)17-13-20-12-16(21-17)14-22-7-1-2-8-22/h12-13,15,18H,1-11,14H2. The number of carbonyl (C=O) groups is 1. The molecule has 25 heavy (non-hydrogen) atoms. The van der Waals surface area contributed by atoms with E-state index in [1.54, 1.807) is 0 Å². The van der Waals surface area contributed by atoms with Crippen molar-refractivity contribution in [3.05, 3.63) is 23.8 Å². The number of rotatable bonds is 4. The Morgan fingerprint density at radius 1 is 1.08 bits per heavy atom. The summed E-state index contributed by atoms with van der Waals surface area (Å²) >= 11 is 0. The zero-order valence-electron chi connectivity index (χ0n) is 14.9. The Morgan fingerprint density at radius 2 is 1.88 bits per heavy atom. The fourth-order valence-electron chi connectivity index (χ4n) is 4.35. The van der Waals surface area contributed by atoms with E-state index in [4.69, 9.17) is 9.72 Å². The first kappa shape index (κ1) is 16.9. The third kappa shape index (κ3) is 3.85. The largest absolute Gasteiger partial charge is 0.381 e. The fraction of sp³-hybridized carbons (Fsp3) is 0.737. The van der Waals surface area contributed by atoms with Crippen molar-refractivity contribution in [2.24, 2.45) is 5.92 Å². The molecule has 1 atom stereocenters. The molecular formula is C19H28N4O2. The molecule has 3 aliphatic heterocycles. The molecule has 4 rings (SSSR count). The molecule has 136 valence electrons. The van der Waals surface area contributed by atoms with E-state index in [-0.39, 0.29) is 17.9 Å². The lowest BCUT2D eigenvalue weighted by Gasteiger charge is -2.30. The van der Waals surface area contributed by atoms with E-state index in [9.17, 15) is 4.79 Å². The van der Waals surface area contributed by atoms with Crippen LogP contribution in [-0.4, -0.2) is 58.5 Å². The van der Waals surface area contributed by atoms with Gasteiger partial charge in [-0.25, -0.2) is 0 Å². The Bertz CT molecular complexity index is 597. The van der Waals surface area contributed by atoms with E-state index < -0.39 is 0 Å². The molecule has 1 aromatic rings. The van der Waals surface area contributed by atoms with Gasteiger partial charge in [-0.15, -0.1) is 0 Å².